The second kappa shape index (κ2) is 5.35. The zero-order valence-electron chi connectivity index (χ0n) is 10.4. The highest BCUT2D eigenvalue weighted by atomic mass is 16.5. The predicted molar refractivity (Wildman–Crippen MR) is 66.7 cm³/mol. The molecule has 1 aliphatic carbocycles. The van der Waals surface area contributed by atoms with Crippen LogP contribution in [0.3, 0.4) is 0 Å². The number of benzene rings is 1. The third kappa shape index (κ3) is 2.68. The third-order valence-corrected chi connectivity index (χ3v) is 3.63. The molecule has 0 heterocycles. The SMILES string of the molecule is CCOC(=O)CC1(c2[c]cccc2)CCCC1. The molecule has 2 nitrogen and oxygen atoms in total. The Bertz CT molecular complexity index is 364. The van der Waals surface area contributed by atoms with Gasteiger partial charge in [-0.05, 0) is 31.4 Å². The van der Waals surface area contributed by atoms with E-state index in [1.165, 1.54) is 18.4 Å². The van der Waals surface area contributed by atoms with Crippen LogP contribution in [0, 0.1) is 6.07 Å². The average molecular weight is 231 g/mol. The van der Waals surface area contributed by atoms with E-state index < -0.39 is 0 Å². The fraction of sp³-hybridized carbons (Fsp3) is 0.533. The van der Waals surface area contributed by atoms with Crippen LogP contribution in [-0.2, 0) is 14.9 Å². The van der Waals surface area contributed by atoms with E-state index in [-0.39, 0.29) is 11.4 Å². The Labute approximate surface area is 103 Å². The van der Waals surface area contributed by atoms with Crippen LogP contribution in [0.15, 0.2) is 24.3 Å². The molecule has 0 atom stereocenters. The van der Waals surface area contributed by atoms with Crippen molar-refractivity contribution in [1.29, 1.82) is 0 Å². The molecule has 1 radical (unpaired) electrons. The maximum absolute atomic E-state index is 11.7. The minimum absolute atomic E-state index is 0.0203. The number of hydrogen-bond donors (Lipinski definition) is 0. The number of carbonyl (C=O) groups excluding carboxylic acids is 1. The summed E-state index contributed by atoms with van der Waals surface area (Å²) in [6.07, 6.45) is 5.05. The monoisotopic (exact) mass is 231 g/mol. The first kappa shape index (κ1) is 12.2. The lowest BCUT2D eigenvalue weighted by Gasteiger charge is -2.28. The van der Waals surface area contributed by atoms with Crippen molar-refractivity contribution in [2.75, 3.05) is 6.61 Å². The third-order valence-electron chi connectivity index (χ3n) is 3.63. The van der Waals surface area contributed by atoms with Gasteiger partial charge in [0.15, 0.2) is 0 Å². The Kier molecular flexibility index (Phi) is 3.82. The van der Waals surface area contributed by atoms with Crippen molar-refractivity contribution in [2.45, 2.75) is 44.4 Å². The van der Waals surface area contributed by atoms with Gasteiger partial charge in [0, 0.05) is 5.41 Å². The van der Waals surface area contributed by atoms with Crippen LogP contribution in [0.4, 0.5) is 0 Å². The molecule has 0 bridgehead atoms. The van der Waals surface area contributed by atoms with Crippen molar-refractivity contribution in [3.63, 3.8) is 0 Å². The summed E-state index contributed by atoms with van der Waals surface area (Å²) in [7, 11) is 0. The van der Waals surface area contributed by atoms with Crippen LogP contribution in [0.2, 0.25) is 0 Å². The highest BCUT2D eigenvalue weighted by Gasteiger charge is 2.38. The van der Waals surface area contributed by atoms with Crippen LogP contribution in [0.25, 0.3) is 0 Å². The summed E-state index contributed by atoms with van der Waals surface area (Å²) in [6.45, 7) is 2.32. The Hall–Kier alpha value is -1.31. The quantitative estimate of drug-likeness (QED) is 0.743. The zero-order valence-corrected chi connectivity index (χ0v) is 10.4. The largest absolute Gasteiger partial charge is 0.466 e. The number of hydrogen-bond acceptors (Lipinski definition) is 2. The van der Waals surface area contributed by atoms with Gasteiger partial charge in [0.1, 0.15) is 0 Å². The summed E-state index contributed by atoms with van der Waals surface area (Å²) < 4.78 is 5.10. The molecule has 1 aromatic carbocycles. The highest BCUT2D eigenvalue weighted by molar-refractivity contribution is 5.71. The summed E-state index contributed by atoms with van der Waals surface area (Å²) in [5.74, 6) is -0.0772. The number of esters is 1. The van der Waals surface area contributed by atoms with Gasteiger partial charge >= 0.3 is 5.97 Å². The van der Waals surface area contributed by atoms with E-state index in [0.717, 1.165) is 12.8 Å². The van der Waals surface area contributed by atoms with Gasteiger partial charge in [0.2, 0.25) is 0 Å². The summed E-state index contributed by atoms with van der Waals surface area (Å²) in [4.78, 5) is 11.7. The molecule has 0 N–H and O–H groups in total. The lowest BCUT2D eigenvalue weighted by molar-refractivity contribution is -0.144. The fourth-order valence-electron chi connectivity index (χ4n) is 2.80. The predicted octanol–water partition coefficient (Wildman–Crippen LogP) is 3.25. The van der Waals surface area contributed by atoms with Crippen LogP contribution >= 0.6 is 0 Å². The van der Waals surface area contributed by atoms with Crippen LogP contribution < -0.4 is 0 Å². The Morgan fingerprint density at radius 3 is 2.76 bits per heavy atom. The number of rotatable bonds is 4. The molecule has 0 unspecified atom stereocenters. The molecule has 0 spiro atoms. The van der Waals surface area contributed by atoms with E-state index in [9.17, 15) is 4.79 Å². The molecule has 1 fully saturated rings. The average Bonchev–Trinajstić information content (AvgIpc) is 2.80. The minimum atomic E-state index is -0.0772. The first-order valence-corrected chi connectivity index (χ1v) is 6.40. The highest BCUT2D eigenvalue weighted by Crippen LogP contribution is 2.43. The van der Waals surface area contributed by atoms with Gasteiger partial charge in [-0.25, -0.2) is 0 Å². The molecule has 1 aliphatic rings. The molecule has 0 saturated heterocycles. The van der Waals surface area contributed by atoms with Crippen molar-refractivity contribution in [1.82, 2.24) is 0 Å². The van der Waals surface area contributed by atoms with E-state index in [0.29, 0.717) is 13.0 Å². The fourth-order valence-corrected chi connectivity index (χ4v) is 2.80. The van der Waals surface area contributed by atoms with Gasteiger partial charge < -0.3 is 4.74 Å². The van der Waals surface area contributed by atoms with E-state index in [1.807, 2.05) is 25.1 Å². The molecule has 2 rings (SSSR count). The van der Waals surface area contributed by atoms with Crippen LogP contribution in [0.1, 0.15) is 44.6 Å². The molecule has 17 heavy (non-hydrogen) atoms. The number of ether oxygens (including phenoxy) is 1. The van der Waals surface area contributed by atoms with Gasteiger partial charge in [0.05, 0.1) is 13.0 Å². The first-order valence-electron chi connectivity index (χ1n) is 6.40. The molecule has 0 amide bonds. The lowest BCUT2D eigenvalue weighted by atomic mass is 9.76. The zero-order chi connectivity index (χ0) is 12.1. The van der Waals surface area contributed by atoms with Gasteiger partial charge in [-0.2, -0.15) is 0 Å². The second-order valence-electron chi connectivity index (χ2n) is 4.75. The van der Waals surface area contributed by atoms with E-state index in [2.05, 4.69) is 12.1 Å². The van der Waals surface area contributed by atoms with Gasteiger partial charge in [-0.1, -0.05) is 37.1 Å². The van der Waals surface area contributed by atoms with E-state index >= 15 is 0 Å². The van der Waals surface area contributed by atoms with E-state index in [4.69, 9.17) is 4.74 Å². The van der Waals surface area contributed by atoms with Crippen LogP contribution in [0.5, 0.6) is 0 Å². The Balaban J connectivity index is 2.18. The topological polar surface area (TPSA) is 26.3 Å². The van der Waals surface area contributed by atoms with Crippen molar-refractivity contribution in [2.24, 2.45) is 0 Å². The molecule has 1 aromatic rings. The van der Waals surface area contributed by atoms with Gasteiger partial charge in [0.25, 0.3) is 0 Å². The summed E-state index contributed by atoms with van der Waals surface area (Å²) in [5, 5.41) is 0. The summed E-state index contributed by atoms with van der Waals surface area (Å²) in [6, 6.07) is 11.3. The molecule has 2 heteroatoms. The molecule has 91 valence electrons. The molecule has 0 aromatic heterocycles. The normalized spacial score (nSPS) is 17.9. The smallest absolute Gasteiger partial charge is 0.306 e. The molecular formula is C15H19O2. The second-order valence-corrected chi connectivity index (χ2v) is 4.75. The van der Waals surface area contributed by atoms with Crippen LogP contribution in [-0.4, -0.2) is 12.6 Å². The van der Waals surface area contributed by atoms with Crippen molar-refractivity contribution < 1.29 is 9.53 Å². The summed E-state index contributed by atoms with van der Waals surface area (Å²) in [5.41, 5.74) is 1.15. The van der Waals surface area contributed by atoms with Crippen molar-refractivity contribution >= 4 is 5.97 Å². The van der Waals surface area contributed by atoms with Crippen molar-refractivity contribution in [3.05, 3.63) is 35.9 Å². The summed E-state index contributed by atoms with van der Waals surface area (Å²) >= 11 is 0. The lowest BCUT2D eigenvalue weighted by Crippen LogP contribution is -2.27. The Morgan fingerprint density at radius 2 is 2.18 bits per heavy atom. The van der Waals surface area contributed by atoms with Gasteiger partial charge in [-0.15, -0.1) is 0 Å². The maximum Gasteiger partial charge on any atom is 0.306 e. The molecule has 1 saturated carbocycles. The number of carbonyl (C=O) groups is 1. The van der Waals surface area contributed by atoms with Gasteiger partial charge in [-0.3, -0.25) is 4.79 Å². The standard InChI is InChI=1S/C15H19O2/c1-2-17-14(16)12-15(10-6-7-11-15)13-8-4-3-5-9-13/h3-5,8H,2,6-7,10-12H2,1H3. The van der Waals surface area contributed by atoms with E-state index in [1.54, 1.807) is 0 Å². The maximum atomic E-state index is 11.7. The first-order chi connectivity index (χ1) is 8.27. The Morgan fingerprint density at radius 1 is 1.41 bits per heavy atom. The molecular weight excluding hydrogens is 212 g/mol. The van der Waals surface area contributed by atoms with Crippen molar-refractivity contribution in [3.8, 4) is 0 Å². The minimum Gasteiger partial charge on any atom is -0.466 e. The molecule has 0 aliphatic heterocycles.